The molecule has 2 aromatic carbocycles. The van der Waals surface area contributed by atoms with Crippen molar-refractivity contribution in [2.45, 2.75) is 25.7 Å². The summed E-state index contributed by atoms with van der Waals surface area (Å²) in [6.45, 7) is 1.21. The van der Waals surface area contributed by atoms with Crippen molar-refractivity contribution in [2.75, 3.05) is 20.2 Å². The van der Waals surface area contributed by atoms with Crippen molar-refractivity contribution in [2.24, 2.45) is 5.92 Å². The number of methoxy groups -OCH3 is 1. The number of ketones is 1. The molecule has 27 heavy (non-hydrogen) atoms. The van der Waals surface area contributed by atoms with Crippen LogP contribution in [0.5, 0.6) is 11.5 Å². The van der Waals surface area contributed by atoms with E-state index in [0.29, 0.717) is 44.3 Å². The smallest absolute Gasteiger partial charge is 0.222 e. The Balaban J connectivity index is 1.49. The SMILES string of the molecule is COc1ccc(C(=O)C2CCN(C(=O)CCc3ccccc3O)CC2)cc1. The van der Waals surface area contributed by atoms with Crippen molar-refractivity contribution in [3.05, 3.63) is 59.7 Å². The molecule has 1 fully saturated rings. The molecule has 142 valence electrons. The van der Waals surface area contributed by atoms with Gasteiger partial charge >= 0.3 is 0 Å². The third-order valence-electron chi connectivity index (χ3n) is 5.19. The Kier molecular flexibility index (Phi) is 6.12. The lowest BCUT2D eigenvalue weighted by molar-refractivity contribution is -0.132. The van der Waals surface area contributed by atoms with Crippen LogP contribution in [0.4, 0.5) is 0 Å². The maximum atomic E-state index is 12.7. The van der Waals surface area contributed by atoms with Gasteiger partial charge in [0.25, 0.3) is 0 Å². The van der Waals surface area contributed by atoms with Crippen LogP contribution in [-0.2, 0) is 11.2 Å². The fourth-order valence-electron chi connectivity index (χ4n) is 3.50. The number of para-hydroxylation sites is 1. The van der Waals surface area contributed by atoms with Gasteiger partial charge in [0.15, 0.2) is 5.78 Å². The molecule has 1 aliphatic heterocycles. The van der Waals surface area contributed by atoms with E-state index < -0.39 is 0 Å². The van der Waals surface area contributed by atoms with E-state index in [-0.39, 0.29) is 23.4 Å². The third-order valence-corrected chi connectivity index (χ3v) is 5.19. The second-order valence-corrected chi connectivity index (χ2v) is 6.88. The Hall–Kier alpha value is -2.82. The highest BCUT2D eigenvalue weighted by Gasteiger charge is 2.27. The molecule has 1 aliphatic rings. The van der Waals surface area contributed by atoms with Crippen LogP contribution in [0, 0.1) is 5.92 Å². The topological polar surface area (TPSA) is 66.8 Å². The first-order chi connectivity index (χ1) is 13.1. The molecule has 0 saturated carbocycles. The standard InChI is InChI=1S/C22H25NO4/c1-27-19-9-6-17(7-10-19)22(26)18-12-14-23(15-13-18)21(25)11-8-16-4-2-3-5-20(16)24/h2-7,9-10,18,24H,8,11-15H2,1H3. The van der Waals surface area contributed by atoms with E-state index in [0.717, 1.165) is 11.3 Å². The number of nitrogens with zero attached hydrogens (tertiary/aromatic N) is 1. The van der Waals surface area contributed by atoms with Crippen molar-refractivity contribution in [1.82, 2.24) is 4.90 Å². The van der Waals surface area contributed by atoms with Gasteiger partial charge in [0.1, 0.15) is 11.5 Å². The summed E-state index contributed by atoms with van der Waals surface area (Å²) in [5, 5.41) is 9.80. The molecular formula is C22H25NO4. The van der Waals surface area contributed by atoms with E-state index in [1.54, 1.807) is 43.5 Å². The van der Waals surface area contributed by atoms with E-state index in [1.165, 1.54) is 0 Å². The summed E-state index contributed by atoms with van der Waals surface area (Å²) < 4.78 is 5.13. The zero-order valence-corrected chi connectivity index (χ0v) is 15.6. The number of phenols is 1. The number of carbonyl (C=O) groups is 2. The minimum atomic E-state index is -0.0411. The van der Waals surface area contributed by atoms with E-state index in [4.69, 9.17) is 4.74 Å². The average molecular weight is 367 g/mol. The monoisotopic (exact) mass is 367 g/mol. The fraction of sp³-hybridized carbons (Fsp3) is 0.364. The lowest BCUT2D eigenvalue weighted by atomic mass is 9.88. The number of hydrogen-bond donors (Lipinski definition) is 1. The van der Waals surface area contributed by atoms with E-state index >= 15 is 0 Å². The van der Waals surface area contributed by atoms with Gasteiger partial charge in [0, 0.05) is 31.0 Å². The Morgan fingerprint density at radius 3 is 2.37 bits per heavy atom. The molecule has 0 bridgehead atoms. The first-order valence-electron chi connectivity index (χ1n) is 9.31. The number of phenolic OH excluding ortho intramolecular Hbond substituents is 1. The number of ether oxygens (including phenoxy) is 1. The fourth-order valence-corrected chi connectivity index (χ4v) is 3.50. The van der Waals surface area contributed by atoms with Gasteiger partial charge in [0.05, 0.1) is 7.11 Å². The zero-order chi connectivity index (χ0) is 19.2. The second kappa shape index (κ2) is 8.71. The normalized spacial score (nSPS) is 14.8. The molecule has 0 radical (unpaired) electrons. The molecule has 5 nitrogen and oxygen atoms in total. The molecule has 0 atom stereocenters. The number of hydrogen-bond acceptors (Lipinski definition) is 4. The molecule has 3 rings (SSSR count). The summed E-state index contributed by atoms with van der Waals surface area (Å²) in [5.74, 6) is 1.14. The second-order valence-electron chi connectivity index (χ2n) is 6.88. The van der Waals surface area contributed by atoms with Crippen LogP contribution in [0.3, 0.4) is 0 Å². The molecule has 1 heterocycles. The zero-order valence-electron chi connectivity index (χ0n) is 15.6. The summed E-state index contributed by atoms with van der Waals surface area (Å²) in [5.41, 5.74) is 1.48. The third kappa shape index (κ3) is 4.67. The summed E-state index contributed by atoms with van der Waals surface area (Å²) in [6, 6.07) is 14.3. The molecule has 0 unspecified atom stereocenters. The van der Waals surface area contributed by atoms with Crippen molar-refractivity contribution < 1.29 is 19.4 Å². The van der Waals surface area contributed by atoms with Crippen LogP contribution < -0.4 is 4.74 Å². The van der Waals surface area contributed by atoms with Gasteiger partial charge in [0.2, 0.25) is 5.91 Å². The Morgan fingerprint density at radius 2 is 1.74 bits per heavy atom. The molecule has 1 amide bonds. The van der Waals surface area contributed by atoms with E-state index in [9.17, 15) is 14.7 Å². The minimum Gasteiger partial charge on any atom is -0.508 e. The number of amides is 1. The van der Waals surface area contributed by atoms with Crippen LogP contribution in [0.25, 0.3) is 0 Å². The molecule has 0 aromatic heterocycles. The average Bonchev–Trinajstić information content (AvgIpc) is 2.72. The van der Waals surface area contributed by atoms with Gasteiger partial charge in [-0.1, -0.05) is 18.2 Å². The van der Waals surface area contributed by atoms with Crippen LogP contribution >= 0.6 is 0 Å². The van der Waals surface area contributed by atoms with Gasteiger partial charge in [-0.3, -0.25) is 9.59 Å². The molecule has 0 aliphatic carbocycles. The van der Waals surface area contributed by atoms with Crippen molar-refractivity contribution in [3.8, 4) is 11.5 Å². The number of aromatic hydroxyl groups is 1. The van der Waals surface area contributed by atoms with E-state index in [1.807, 2.05) is 17.0 Å². The first-order valence-corrected chi connectivity index (χ1v) is 9.31. The molecule has 5 heteroatoms. The number of Topliss-reactive ketones (excluding diaryl/α,β-unsaturated/α-hetero) is 1. The van der Waals surface area contributed by atoms with Crippen LogP contribution in [-0.4, -0.2) is 41.9 Å². The maximum Gasteiger partial charge on any atom is 0.222 e. The molecule has 0 spiro atoms. The van der Waals surface area contributed by atoms with Crippen LogP contribution in [0.15, 0.2) is 48.5 Å². The number of piperidine rings is 1. The molecule has 1 saturated heterocycles. The van der Waals surface area contributed by atoms with Crippen molar-refractivity contribution in [3.63, 3.8) is 0 Å². The minimum absolute atomic E-state index is 0.0411. The number of rotatable bonds is 6. The first kappa shape index (κ1) is 19.0. The molecular weight excluding hydrogens is 342 g/mol. The number of likely N-dealkylation sites (tertiary alicyclic amines) is 1. The Labute approximate surface area is 159 Å². The molecule has 1 N–H and O–H groups in total. The Bertz CT molecular complexity index is 792. The van der Waals surface area contributed by atoms with Crippen molar-refractivity contribution >= 4 is 11.7 Å². The van der Waals surface area contributed by atoms with Gasteiger partial charge in [-0.25, -0.2) is 0 Å². The lowest BCUT2D eigenvalue weighted by Gasteiger charge is -2.31. The maximum absolute atomic E-state index is 12.7. The highest BCUT2D eigenvalue weighted by molar-refractivity contribution is 5.98. The summed E-state index contributed by atoms with van der Waals surface area (Å²) in [4.78, 5) is 26.9. The van der Waals surface area contributed by atoms with E-state index in [2.05, 4.69) is 0 Å². The molecule has 2 aromatic rings. The highest BCUT2D eigenvalue weighted by atomic mass is 16.5. The largest absolute Gasteiger partial charge is 0.508 e. The van der Waals surface area contributed by atoms with Gasteiger partial charge in [-0.05, 0) is 55.2 Å². The summed E-state index contributed by atoms with van der Waals surface area (Å²) in [7, 11) is 1.60. The number of carbonyl (C=O) groups excluding carboxylic acids is 2. The van der Waals surface area contributed by atoms with Gasteiger partial charge in [-0.2, -0.15) is 0 Å². The highest BCUT2D eigenvalue weighted by Crippen LogP contribution is 2.24. The van der Waals surface area contributed by atoms with Crippen LogP contribution in [0.2, 0.25) is 0 Å². The van der Waals surface area contributed by atoms with Crippen LogP contribution in [0.1, 0.15) is 35.2 Å². The predicted octanol–water partition coefficient (Wildman–Crippen LogP) is 3.45. The number of aryl methyl sites for hydroxylation is 1. The predicted molar refractivity (Wildman–Crippen MR) is 103 cm³/mol. The van der Waals surface area contributed by atoms with Crippen molar-refractivity contribution in [1.29, 1.82) is 0 Å². The quantitative estimate of drug-likeness (QED) is 0.794. The lowest BCUT2D eigenvalue weighted by Crippen LogP contribution is -2.40. The van der Waals surface area contributed by atoms with Gasteiger partial charge in [-0.15, -0.1) is 0 Å². The summed E-state index contributed by atoms with van der Waals surface area (Å²) in [6.07, 6.45) is 2.27. The van der Waals surface area contributed by atoms with Gasteiger partial charge < -0.3 is 14.7 Å². The number of benzene rings is 2. The Morgan fingerprint density at radius 1 is 1.07 bits per heavy atom. The summed E-state index contributed by atoms with van der Waals surface area (Å²) >= 11 is 0.